The van der Waals surface area contributed by atoms with Gasteiger partial charge >= 0.3 is 11.9 Å². The van der Waals surface area contributed by atoms with Crippen molar-refractivity contribution in [2.75, 3.05) is 36.9 Å². The number of hydrogen-bond acceptors (Lipinski definition) is 9. The number of alkyl halides is 4. The first-order chi connectivity index (χ1) is 27.2. The second kappa shape index (κ2) is 15.0. The number of nitrogens with one attached hydrogen (secondary N) is 2. The summed E-state index contributed by atoms with van der Waals surface area (Å²) < 4.78 is 59.9. The summed E-state index contributed by atoms with van der Waals surface area (Å²) in [6, 6.07) is 7.78. The number of aromatic nitrogens is 6. The van der Waals surface area contributed by atoms with Gasteiger partial charge < -0.3 is 19.5 Å². The number of carbonyl (C=O) groups is 3. The Morgan fingerprint density at radius 1 is 1.00 bits per heavy atom. The normalized spacial score (nSPS) is 23.4. The third-order valence-corrected chi connectivity index (χ3v) is 11.7. The fourth-order valence-corrected chi connectivity index (χ4v) is 8.78. The average Bonchev–Trinajstić information content (AvgIpc) is 3.72. The fourth-order valence-electron chi connectivity index (χ4n) is 8.78. The summed E-state index contributed by atoms with van der Waals surface area (Å²) in [6.07, 6.45) is 3.99. The highest BCUT2D eigenvalue weighted by Gasteiger charge is 2.37. The van der Waals surface area contributed by atoms with Crippen LogP contribution in [0.15, 0.2) is 59.9 Å². The quantitative estimate of drug-likeness (QED) is 0.166. The van der Waals surface area contributed by atoms with Crippen LogP contribution in [0.4, 0.5) is 28.9 Å². The average molecular weight is 791 g/mol. The van der Waals surface area contributed by atoms with Gasteiger partial charge in [-0.25, -0.2) is 19.2 Å². The summed E-state index contributed by atoms with van der Waals surface area (Å²) in [5, 5.41) is 4.92. The predicted octanol–water partition coefficient (Wildman–Crippen LogP) is 4.85. The fraction of sp³-hybridized carbons (Fsp3) is 0.462. The molecule has 3 atom stereocenters. The van der Waals surface area contributed by atoms with Crippen molar-refractivity contribution in [3.8, 4) is 0 Å². The van der Waals surface area contributed by atoms with E-state index in [9.17, 15) is 32.3 Å². The van der Waals surface area contributed by atoms with E-state index in [-0.39, 0.29) is 42.9 Å². The third kappa shape index (κ3) is 7.49. The second-order valence-corrected chi connectivity index (χ2v) is 15.4. The van der Waals surface area contributed by atoms with Crippen LogP contribution in [0.3, 0.4) is 0 Å². The molecule has 1 unspecified atom stereocenters. The molecule has 300 valence electrons. The smallest absolute Gasteiger partial charge is 0.367 e. The van der Waals surface area contributed by atoms with E-state index < -0.39 is 41.6 Å². The Morgan fingerprint density at radius 3 is 2.53 bits per heavy atom. The zero-order valence-corrected chi connectivity index (χ0v) is 31.4. The van der Waals surface area contributed by atoms with Crippen LogP contribution >= 0.6 is 0 Å². The molecule has 2 aliphatic heterocycles. The summed E-state index contributed by atoms with van der Waals surface area (Å²) in [6.45, 7) is 1.52. The number of hydrogen-bond donors (Lipinski definition) is 2. The van der Waals surface area contributed by atoms with Gasteiger partial charge in [-0.3, -0.25) is 33.8 Å². The number of imidazole rings is 2. The molecule has 57 heavy (non-hydrogen) atoms. The highest BCUT2D eigenvalue weighted by atomic mass is 19.4. The number of fused-ring (bicyclic) bond motifs is 2. The molecular weight excluding hydrogens is 748 g/mol. The van der Waals surface area contributed by atoms with Crippen molar-refractivity contribution in [2.45, 2.75) is 75.3 Å². The molecule has 1 aliphatic carbocycles. The molecule has 1 saturated carbocycles. The molecule has 3 fully saturated rings. The summed E-state index contributed by atoms with van der Waals surface area (Å²) in [5.41, 5.74) is 1.84. The van der Waals surface area contributed by atoms with Crippen LogP contribution in [0.1, 0.15) is 78.8 Å². The van der Waals surface area contributed by atoms with Crippen molar-refractivity contribution in [3.05, 3.63) is 82.7 Å². The predicted molar refractivity (Wildman–Crippen MR) is 202 cm³/mol. The van der Waals surface area contributed by atoms with Crippen molar-refractivity contribution >= 4 is 45.8 Å². The highest BCUT2D eigenvalue weighted by Crippen LogP contribution is 2.37. The first-order valence-electron chi connectivity index (χ1n) is 19.1. The maximum Gasteiger partial charge on any atom is 0.434 e. The lowest BCUT2D eigenvalue weighted by molar-refractivity contribution is -0.141. The van der Waals surface area contributed by atoms with Gasteiger partial charge in [-0.1, -0.05) is 6.07 Å². The van der Waals surface area contributed by atoms with Crippen LogP contribution in [0.5, 0.6) is 0 Å². The first-order valence-corrected chi connectivity index (χ1v) is 19.1. The molecule has 6 heterocycles. The molecule has 8 rings (SSSR count). The van der Waals surface area contributed by atoms with Gasteiger partial charge in [0.05, 0.1) is 47.0 Å². The van der Waals surface area contributed by atoms with E-state index in [4.69, 9.17) is 4.98 Å². The van der Waals surface area contributed by atoms with E-state index in [1.807, 2.05) is 30.3 Å². The number of carbonyl (C=O) groups excluding carboxylic acids is 3. The molecule has 0 bridgehead atoms. The third-order valence-electron chi connectivity index (χ3n) is 11.7. The number of para-hydroxylation sites is 1. The van der Waals surface area contributed by atoms with Gasteiger partial charge in [0, 0.05) is 50.9 Å². The molecule has 5 aromatic rings. The Kier molecular flexibility index (Phi) is 10.1. The zero-order chi connectivity index (χ0) is 40.2. The van der Waals surface area contributed by atoms with Gasteiger partial charge in [0.1, 0.15) is 23.6 Å². The lowest BCUT2D eigenvalue weighted by Gasteiger charge is -2.42. The van der Waals surface area contributed by atoms with Gasteiger partial charge in [0.2, 0.25) is 11.8 Å². The minimum atomic E-state index is -4.72. The number of piperidine rings is 2. The molecule has 3 aliphatic rings. The van der Waals surface area contributed by atoms with Crippen LogP contribution in [0.25, 0.3) is 16.7 Å². The number of nitrogens with zero attached hydrogens (tertiary/aromatic N) is 8. The van der Waals surface area contributed by atoms with E-state index in [0.717, 1.165) is 49.8 Å². The van der Waals surface area contributed by atoms with Crippen molar-refractivity contribution in [2.24, 2.45) is 13.0 Å². The molecule has 1 aromatic carbocycles. The maximum absolute atomic E-state index is 16.1. The molecule has 0 spiro atoms. The lowest BCUT2D eigenvalue weighted by Crippen LogP contribution is -2.52. The van der Waals surface area contributed by atoms with E-state index in [1.165, 1.54) is 9.13 Å². The Morgan fingerprint density at radius 2 is 1.79 bits per heavy atom. The van der Waals surface area contributed by atoms with Crippen molar-refractivity contribution < 1.29 is 31.9 Å². The SMILES string of the molecule is CN(CC1CCC(c2cn3cc(NC(=O)c4cncc(C(F)(F)F)n4)ccc3n2)CC1)[C@@H]1CCN(c2cccc3c2n(C)c(=O)n3C2CCC(=O)NC2=O)C[C@H]1F. The van der Waals surface area contributed by atoms with Gasteiger partial charge in [0.15, 0.2) is 5.69 Å². The molecule has 0 radical (unpaired) electrons. The van der Waals surface area contributed by atoms with Crippen LogP contribution < -0.4 is 21.2 Å². The van der Waals surface area contributed by atoms with E-state index in [1.54, 1.807) is 35.8 Å². The molecule has 2 N–H and O–H groups in total. The standard InChI is InChI=1S/C39H42F4N10O4/c1-49(28-14-15-51(20-25(28)40)29-4-3-5-30-35(29)50(2)38(57)53(30)31-11-13-34(54)48-37(31)56)18-22-6-8-23(9-7-22)27-21-52-19-24(10-12-33(52)47-27)45-36(55)26-16-44-17-32(46-26)39(41,42)43/h3-5,10,12,16-17,19,21-23,25,28,31H,6-9,11,13-15,18,20H2,1-2H3,(H,45,55)(H,48,54,56)/t22?,23?,25-,28-,31?/m1/s1. The number of pyridine rings is 1. The molecule has 14 nitrogen and oxygen atoms in total. The van der Waals surface area contributed by atoms with Crippen LogP contribution in [0, 0.1) is 5.92 Å². The summed E-state index contributed by atoms with van der Waals surface area (Å²) >= 11 is 0. The van der Waals surface area contributed by atoms with Crippen LogP contribution in [-0.4, -0.2) is 90.0 Å². The van der Waals surface area contributed by atoms with Gasteiger partial charge in [-0.15, -0.1) is 0 Å². The Balaban J connectivity index is 0.862. The number of amides is 3. The summed E-state index contributed by atoms with van der Waals surface area (Å²) in [7, 11) is 3.64. The molecular formula is C39H42F4N10O4. The largest absolute Gasteiger partial charge is 0.434 e. The highest BCUT2D eigenvalue weighted by molar-refractivity contribution is 6.03. The monoisotopic (exact) mass is 790 g/mol. The topological polar surface area (TPSA) is 152 Å². The minimum absolute atomic E-state index is 0.148. The van der Waals surface area contributed by atoms with Gasteiger partial charge in [-0.05, 0) is 75.8 Å². The lowest BCUT2D eigenvalue weighted by atomic mass is 9.80. The van der Waals surface area contributed by atoms with Gasteiger partial charge in [-0.2, -0.15) is 13.2 Å². The summed E-state index contributed by atoms with van der Waals surface area (Å²) in [5.74, 6) is -1.05. The second-order valence-electron chi connectivity index (χ2n) is 15.4. The number of halogens is 4. The Hall–Kier alpha value is -5.65. The molecule has 3 amide bonds. The summed E-state index contributed by atoms with van der Waals surface area (Å²) in [4.78, 5) is 66.3. The van der Waals surface area contributed by atoms with E-state index in [0.29, 0.717) is 47.4 Å². The van der Waals surface area contributed by atoms with Crippen LogP contribution in [-0.2, 0) is 22.8 Å². The number of anilines is 2. The maximum atomic E-state index is 16.1. The molecule has 18 heteroatoms. The number of imide groups is 1. The number of rotatable bonds is 8. The number of benzene rings is 1. The Labute approximate surface area is 323 Å². The zero-order valence-electron chi connectivity index (χ0n) is 31.4. The molecule has 4 aromatic heterocycles. The van der Waals surface area contributed by atoms with Crippen molar-refractivity contribution in [1.82, 2.24) is 38.7 Å². The first kappa shape index (κ1) is 38.2. The molecule has 2 saturated heterocycles. The number of aryl methyl sites for hydroxylation is 1. The van der Waals surface area contributed by atoms with E-state index in [2.05, 4.69) is 25.5 Å². The minimum Gasteiger partial charge on any atom is -0.367 e. The Bertz CT molecular complexity index is 2420. The van der Waals surface area contributed by atoms with Crippen LogP contribution in [0.2, 0.25) is 0 Å². The van der Waals surface area contributed by atoms with Crippen molar-refractivity contribution in [1.29, 1.82) is 0 Å². The van der Waals surface area contributed by atoms with E-state index >= 15 is 4.39 Å². The van der Waals surface area contributed by atoms with Gasteiger partial charge in [0.25, 0.3) is 5.91 Å². The van der Waals surface area contributed by atoms with Crippen molar-refractivity contribution in [3.63, 3.8) is 0 Å².